The van der Waals surface area contributed by atoms with E-state index in [1.54, 1.807) is 7.11 Å². The van der Waals surface area contributed by atoms with E-state index in [-0.39, 0.29) is 5.91 Å². The number of carbonyl (C=O) groups is 1. The van der Waals surface area contributed by atoms with Gasteiger partial charge in [0.2, 0.25) is 5.91 Å². The van der Waals surface area contributed by atoms with Gasteiger partial charge in [-0.3, -0.25) is 14.7 Å². The zero-order valence-corrected chi connectivity index (χ0v) is 20.6. The Morgan fingerprint density at radius 1 is 1.09 bits per heavy atom. The molecule has 8 nitrogen and oxygen atoms in total. The van der Waals surface area contributed by atoms with Crippen LogP contribution in [0.25, 0.3) is 0 Å². The number of piperazine rings is 1. The fourth-order valence-corrected chi connectivity index (χ4v) is 3.93. The first-order valence-electron chi connectivity index (χ1n) is 11.9. The van der Waals surface area contributed by atoms with Crippen molar-refractivity contribution in [1.29, 1.82) is 0 Å². The van der Waals surface area contributed by atoms with E-state index in [0.717, 1.165) is 77.0 Å². The molecule has 1 fully saturated rings. The molecule has 2 rings (SSSR count). The number of carbonyl (C=O) groups excluding carboxylic acids is 1. The van der Waals surface area contributed by atoms with E-state index in [4.69, 9.17) is 9.73 Å². The number of rotatable bonds is 11. The van der Waals surface area contributed by atoms with Crippen LogP contribution in [0, 0.1) is 0 Å². The van der Waals surface area contributed by atoms with Gasteiger partial charge in [-0.15, -0.1) is 0 Å². The minimum absolute atomic E-state index is 0.137. The first-order valence-corrected chi connectivity index (χ1v) is 11.9. The molecule has 1 aromatic carbocycles. The second-order valence-electron chi connectivity index (χ2n) is 8.04. The molecule has 0 bridgehead atoms. The topological polar surface area (TPSA) is 63.7 Å². The summed E-state index contributed by atoms with van der Waals surface area (Å²) in [5.41, 5.74) is 1.26. The van der Waals surface area contributed by atoms with Crippen LogP contribution in [0.1, 0.15) is 27.2 Å². The number of likely N-dealkylation sites (N-methyl/N-ethyl adjacent to an activating group) is 2. The maximum absolute atomic E-state index is 12.4. The van der Waals surface area contributed by atoms with Crippen LogP contribution in [0.2, 0.25) is 0 Å². The van der Waals surface area contributed by atoms with Crippen molar-refractivity contribution in [1.82, 2.24) is 20.0 Å². The minimum Gasteiger partial charge on any atom is -0.497 e. The van der Waals surface area contributed by atoms with Crippen LogP contribution in [-0.2, 0) is 4.79 Å². The Kier molecular flexibility index (Phi) is 11.1. The molecule has 32 heavy (non-hydrogen) atoms. The van der Waals surface area contributed by atoms with Gasteiger partial charge in [-0.2, -0.15) is 0 Å². The van der Waals surface area contributed by atoms with Crippen molar-refractivity contribution < 1.29 is 9.53 Å². The number of methoxy groups -OCH3 is 1. The highest BCUT2D eigenvalue weighted by atomic mass is 16.5. The largest absolute Gasteiger partial charge is 0.497 e. The van der Waals surface area contributed by atoms with E-state index in [1.807, 2.05) is 42.8 Å². The lowest BCUT2D eigenvalue weighted by atomic mass is 10.2. The summed E-state index contributed by atoms with van der Waals surface area (Å²) >= 11 is 0. The summed E-state index contributed by atoms with van der Waals surface area (Å²) < 4.78 is 5.25. The molecule has 0 atom stereocenters. The monoisotopic (exact) mass is 446 g/mol. The minimum atomic E-state index is 0.137. The number of anilines is 1. The third-order valence-corrected chi connectivity index (χ3v) is 5.89. The molecule has 0 unspecified atom stereocenters. The fraction of sp³-hybridized carbons (Fsp3) is 0.667. The van der Waals surface area contributed by atoms with Crippen molar-refractivity contribution in [2.24, 2.45) is 4.99 Å². The Bertz CT molecular complexity index is 697. The Morgan fingerprint density at radius 2 is 1.75 bits per heavy atom. The van der Waals surface area contributed by atoms with Gasteiger partial charge in [-0.05, 0) is 51.5 Å². The van der Waals surface area contributed by atoms with Crippen LogP contribution >= 0.6 is 0 Å². The van der Waals surface area contributed by atoms with E-state index < -0.39 is 0 Å². The predicted molar refractivity (Wildman–Crippen MR) is 133 cm³/mol. The van der Waals surface area contributed by atoms with Gasteiger partial charge in [-0.1, -0.05) is 0 Å². The molecule has 1 N–H and O–H groups in total. The summed E-state index contributed by atoms with van der Waals surface area (Å²) in [7, 11) is 3.63. The molecule has 0 spiro atoms. The number of hydrogen-bond acceptors (Lipinski definition) is 5. The standard InChI is InChI=1S/C24H42N6O2/c1-6-25-24(27(4)20-23(31)29(7-2)8-3)26-14-9-15-28-16-18-30(19-17-28)21-10-12-22(32-5)13-11-21/h10-13H,6-9,14-20H2,1-5H3,(H,25,26). The van der Waals surface area contributed by atoms with Crippen molar-refractivity contribution in [3.63, 3.8) is 0 Å². The molecule has 0 saturated carbocycles. The number of aliphatic imine (C=N–C) groups is 1. The number of guanidine groups is 1. The molecule has 1 heterocycles. The Labute approximate surface area is 194 Å². The predicted octanol–water partition coefficient (Wildman–Crippen LogP) is 1.97. The Balaban J connectivity index is 1.75. The summed E-state index contributed by atoms with van der Waals surface area (Å²) in [6.07, 6.45) is 1.01. The molecule has 1 amide bonds. The number of hydrogen-bond donors (Lipinski definition) is 1. The Morgan fingerprint density at radius 3 is 2.31 bits per heavy atom. The smallest absolute Gasteiger partial charge is 0.242 e. The van der Waals surface area contributed by atoms with Gasteiger partial charge >= 0.3 is 0 Å². The first-order chi connectivity index (χ1) is 15.5. The lowest BCUT2D eigenvalue weighted by molar-refractivity contribution is -0.131. The number of ether oxygens (including phenoxy) is 1. The second kappa shape index (κ2) is 13.8. The number of nitrogens with one attached hydrogen (secondary N) is 1. The van der Waals surface area contributed by atoms with Gasteiger partial charge in [0.15, 0.2) is 5.96 Å². The van der Waals surface area contributed by atoms with Crippen molar-refractivity contribution in [3.8, 4) is 5.75 Å². The zero-order chi connectivity index (χ0) is 23.3. The summed E-state index contributed by atoms with van der Waals surface area (Å²) in [4.78, 5) is 25.9. The van der Waals surface area contributed by atoms with Gasteiger partial charge in [0.25, 0.3) is 0 Å². The highest BCUT2D eigenvalue weighted by molar-refractivity contribution is 5.86. The van der Waals surface area contributed by atoms with E-state index in [2.05, 4.69) is 34.2 Å². The number of amides is 1. The number of benzene rings is 1. The van der Waals surface area contributed by atoms with E-state index in [1.165, 1.54) is 5.69 Å². The van der Waals surface area contributed by atoms with E-state index in [0.29, 0.717) is 6.54 Å². The fourth-order valence-electron chi connectivity index (χ4n) is 3.93. The zero-order valence-electron chi connectivity index (χ0n) is 20.6. The third kappa shape index (κ3) is 7.89. The van der Waals surface area contributed by atoms with Crippen molar-refractivity contribution in [3.05, 3.63) is 24.3 Å². The lowest BCUT2D eigenvalue weighted by Crippen LogP contribution is -2.47. The number of nitrogens with zero attached hydrogens (tertiary/aromatic N) is 5. The summed E-state index contributed by atoms with van der Waals surface area (Å²) in [5.74, 6) is 1.84. The molecule has 180 valence electrons. The second-order valence-corrected chi connectivity index (χ2v) is 8.04. The van der Waals surface area contributed by atoms with Crippen LogP contribution in [0.15, 0.2) is 29.3 Å². The quantitative estimate of drug-likeness (QED) is 0.319. The summed E-state index contributed by atoms with van der Waals surface area (Å²) in [6.45, 7) is 14.7. The molecule has 0 aliphatic carbocycles. The first kappa shape index (κ1) is 25.8. The highest BCUT2D eigenvalue weighted by Crippen LogP contribution is 2.20. The van der Waals surface area contributed by atoms with Crippen molar-refractivity contribution in [2.75, 3.05) is 84.5 Å². The molecular formula is C24H42N6O2. The van der Waals surface area contributed by atoms with Gasteiger partial charge < -0.3 is 24.8 Å². The molecule has 0 radical (unpaired) electrons. The average Bonchev–Trinajstić information content (AvgIpc) is 2.82. The lowest BCUT2D eigenvalue weighted by Gasteiger charge is -2.36. The van der Waals surface area contributed by atoms with Gasteiger partial charge in [-0.25, -0.2) is 0 Å². The maximum atomic E-state index is 12.4. The molecule has 8 heteroatoms. The van der Waals surface area contributed by atoms with Crippen molar-refractivity contribution >= 4 is 17.6 Å². The van der Waals surface area contributed by atoms with Crippen LogP contribution in [-0.4, -0.2) is 106 Å². The van der Waals surface area contributed by atoms with Crippen LogP contribution in [0.4, 0.5) is 5.69 Å². The molecular weight excluding hydrogens is 404 g/mol. The van der Waals surface area contributed by atoms with Gasteiger partial charge in [0, 0.05) is 71.6 Å². The SMILES string of the molecule is CCNC(=NCCCN1CCN(c2ccc(OC)cc2)CC1)N(C)CC(=O)N(CC)CC. The summed E-state index contributed by atoms with van der Waals surface area (Å²) in [6, 6.07) is 8.31. The Hall–Kier alpha value is -2.48. The van der Waals surface area contributed by atoms with E-state index >= 15 is 0 Å². The third-order valence-electron chi connectivity index (χ3n) is 5.89. The van der Waals surface area contributed by atoms with Crippen LogP contribution < -0.4 is 15.0 Å². The van der Waals surface area contributed by atoms with Crippen molar-refractivity contribution in [2.45, 2.75) is 27.2 Å². The van der Waals surface area contributed by atoms with Gasteiger partial charge in [0.05, 0.1) is 13.7 Å². The normalized spacial score (nSPS) is 14.9. The molecule has 1 aliphatic rings. The summed E-state index contributed by atoms with van der Waals surface area (Å²) in [5, 5.41) is 3.31. The molecule has 0 aromatic heterocycles. The average molecular weight is 447 g/mol. The van der Waals surface area contributed by atoms with Crippen LogP contribution in [0.5, 0.6) is 5.75 Å². The van der Waals surface area contributed by atoms with E-state index in [9.17, 15) is 4.79 Å². The molecule has 1 aromatic rings. The molecule has 1 saturated heterocycles. The maximum Gasteiger partial charge on any atom is 0.242 e. The molecule has 1 aliphatic heterocycles. The highest BCUT2D eigenvalue weighted by Gasteiger charge is 2.17. The van der Waals surface area contributed by atoms with Gasteiger partial charge in [0.1, 0.15) is 5.75 Å². The van der Waals surface area contributed by atoms with Crippen LogP contribution in [0.3, 0.4) is 0 Å².